The average Bonchev–Trinajstić information content (AvgIpc) is 3.09. The summed E-state index contributed by atoms with van der Waals surface area (Å²) in [5.74, 6) is -1.15. The fourth-order valence-corrected chi connectivity index (χ4v) is 2.55. The fourth-order valence-electron chi connectivity index (χ4n) is 2.55. The van der Waals surface area contributed by atoms with Crippen molar-refractivity contribution in [2.45, 2.75) is 46.2 Å². The zero-order valence-corrected chi connectivity index (χ0v) is 16.9. The van der Waals surface area contributed by atoms with Crippen molar-refractivity contribution in [3.8, 4) is 0 Å². The number of nitrogen functional groups attached to an aromatic ring is 1. The van der Waals surface area contributed by atoms with Crippen LogP contribution in [0.3, 0.4) is 0 Å². The van der Waals surface area contributed by atoms with E-state index in [1.165, 1.54) is 6.33 Å². The maximum atomic E-state index is 12.0. The standard InChI is InChI=1S/C18H28N6O5/c1-4-12(25)28-7-11(8-29-17(27)13(19)10(2)3)5-6-24-9-21-14-15(24)22-18(20)23-16(14)26/h9-11,13H,4-8,19H2,1-3H3,(H3,20,22,23,26)/t11?,13-/m0/s1. The molecule has 0 radical (unpaired) electrons. The van der Waals surface area contributed by atoms with Crippen LogP contribution < -0.4 is 17.0 Å². The van der Waals surface area contributed by atoms with E-state index >= 15 is 0 Å². The Morgan fingerprint density at radius 1 is 1.28 bits per heavy atom. The van der Waals surface area contributed by atoms with Crippen LogP contribution in [0.15, 0.2) is 11.1 Å². The number of carbonyl (C=O) groups is 2. The molecule has 29 heavy (non-hydrogen) atoms. The van der Waals surface area contributed by atoms with Crippen LogP contribution in [-0.4, -0.2) is 50.7 Å². The van der Waals surface area contributed by atoms with Crippen molar-refractivity contribution >= 4 is 29.1 Å². The Labute approximate surface area is 167 Å². The molecule has 2 aromatic rings. The molecule has 0 aliphatic heterocycles. The van der Waals surface area contributed by atoms with E-state index in [2.05, 4.69) is 15.0 Å². The summed E-state index contributed by atoms with van der Waals surface area (Å²) in [6.45, 7) is 5.92. The first-order valence-electron chi connectivity index (χ1n) is 9.51. The highest BCUT2D eigenvalue weighted by Crippen LogP contribution is 2.13. The predicted molar refractivity (Wildman–Crippen MR) is 106 cm³/mol. The first-order valence-corrected chi connectivity index (χ1v) is 9.51. The molecule has 5 N–H and O–H groups in total. The summed E-state index contributed by atoms with van der Waals surface area (Å²) >= 11 is 0. The smallest absolute Gasteiger partial charge is 0.323 e. The normalized spacial score (nSPS) is 13.4. The SMILES string of the molecule is CCC(=O)OCC(CCn1cnc2c(=O)[nH]c(N)nc21)COC(=O)[C@@H](N)C(C)C. The molecule has 0 aliphatic carbocycles. The molecule has 0 amide bonds. The average molecular weight is 408 g/mol. The number of hydrogen-bond acceptors (Lipinski definition) is 9. The van der Waals surface area contributed by atoms with Crippen molar-refractivity contribution < 1.29 is 19.1 Å². The molecule has 2 aromatic heterocycles. The zero-order valence-electron chi connectivity index (χ0n) is 16.9. The summed E-state index contributed by atoms with van der Waals surface area (Å²) < 4.78 is 12.2. The topological polar surface area (TPSA) is 168 Å². The number of nitrogens with two attached hydrogens (primary N) is 2. The molecule has 2 heterocycles. The van der Waals surface area contributed by atoms with E-state index in [4.69, 9.17) is 20.9 Å². The van der Waals surface area contributed by atoms with Gasteiger partial charge in [0.1, 0.15) is 6.04 Å². The Hall–Kier alpha value is -2.95. The fraction of sp³-hybridized carbons (Fsp3) is 0.611. The van der Waals surface area contributed by atoms with Gasteiger partial charge in [0.25, 0.3) is 5.56 Å². The highest BCUT2D eigenvalue weighted by atomic mass is 16.5. The van der Waals surface area contributed by atoms with Crippen molar-refractivity contribution in [3.05, 3.63) is 16.7 Å². The highest BCUT2D eigenvalue weighted by Gasteiger charge is 2.21. The van der Waals surface area contributed by atoms with Crippen molar-refractivity contribution in [3.63, 3.8) is 0 Å². The van der Waals surface area contributed by atoms with Crippen LogP contribution in [0, 0.1) is 11.8 Å². The van der Waals surface area contributed by atoms with E-state index in [0.717, 1.165) is 0 Å². The quantitative estimate of drug-likeness (QED) is 0.464. The number of aromatic amines is 1. The Morgan fingerprint density at radius 2 is 1.97 bits per heavy atom. The highest BCUT2D eigenvalue weighted by molar-refractivity contribution is 5.75. The molecule has 11 heteroatoms. The van der Waals surface area contributed by atoms with E-state index in [1.807, 2.05) is 13.8 Å². The second-order valence-corrected chi connectivity index (χ2v) is 7.15. The predicted octanol–water partition coefficient (Wildman–Crippen LogP) is 0.188. The van der Waals surface area contributed by atoms with Gasteiger partial charge in [0.15, 0.2) is 11.2 Å². The van der Waals surface area contributed by atoms with Crippen LogP contribution >= 0.6 is 0 Å². The monoisotopic (exact) mass is 408 g/mol. The van der Waals surface area contributed by atoms with Crippen molar-refractivity contribution in [2.75, 3.05) is 18.9 Å². The number of rotatable bonds is 10. The van der Waals surface area contributed by atoms with Crippen LogP contribution in [0.2, 0.25) is 0 Å². The van der Waals surface area contributed by atoms with Gasteiger partial charge in [-0.2, -0.15) is 4.98 Å². The minimum atomic E-state index is -0.717. The molecule has 1 unspecified atom stereocenters. The van der Waals surface area contributed by atoms with Crippen molar-refractivity contribution in [1.82, 2.24) is 19.5 Å². The number of aromatic nitrogens is 4. The molecular weight excluding hydrogens is 380 g/mol. The molecule has 0 bridgehead atoms. The van der Waals surface area contributed by atoms with E-state index in [0.29, 0.717) is 18.6 Å². The third-order valence-corrected chi connectivity index (χ3v) is 4.49. The summed E-state index contributed by atoms with van der Waals surface area (Å²) in [5.41, 5.74) is 11.5. The van der Waals surface area contributed by atoms with Gasteiger partial charge in [-0.15, -0.1) is 0 Å². The zero-order chi connectivity index (χ0) is 21.6. The molecule has 0 aromatic carbocycles. The first-order chi connectivity index (χ1) is 13.7. The maximum Gasteiger partial charge on any atom is 0.323 e. The van der Waals surface area contributed by atoms with Gasteiger partial charge in [0, 0.05) is 18.9 Å². The Bertz CT molecular complexity index is 906. The van der Waals surface area contributed by atoms with E-state index in [-0.39, 0.29) is 48.9 Å². The number of anilines is 1. The lowest BCUT2D eigenvalue weighted by Crippen LogP contribution is -2.38. The van der Waals surface area contributed by atoms with Gasteiger partial charge in [0.05, 0.1) is 19.5 Å². The van der Waals surface area contributed by atoms with Gasteiger partial charge in [-0.25, -0.2) is 4.98 Å². The largest absolute Gasteiger partial charge is 0.465 e. The van der Waals surface area contributed by atoms with Crippen LogP contribution in [0.1, 0.15) is 33.6 Å². The Kier molecular flexibility index (Phi) is 7.71. The lowest BCUT2D eigenvalue weighted by molar-refractivity contribution is -0.150. The summed E-state index contributed by atoms with van der Waals surface area (Å²) in [6, 6.07) is -0.717. The van der Waals surface area contributed by atoms with Crippen molar-refractivity contribution in [2.24, 2.45) is 17.6 Å². The molecule has 0 aliphatic rings. The number of fused-ring (bicyclic) bond motifs is 1. The van der Waals surface area contributed by atoms with Gasteiger partial charge in [-0.3, -0.25) is 19.4 Å². The second kappa shape index (κ2) is 10.0. The molecular formula is C18H28N6O5. The molecule has 0 fully saturated rings. The maximum absolute atomic E-state index is 12.0. The first kappa shape index (κ1) is 22.3. The number of ether oxygens (including phenoxy) is 2. The van der Waals surface area contributed by atoms with E-state index in [1.54, 1.807) is 11.5 Å². The Balaban J connectivity index is 2.06. The third kappa shape index (κ3) is 6.01. The molecule has 160 valence electrons. The molecule has 2 rings (SSSR count). The summed E-state index contributed by atoms with van der Waals surface area (Å²) in [5, 5.41) is 0. The minimum Gasteiger partial charge on any atom is -0.465 e. The van der Waals surface area contributed by atoms with Crippen LogP contribution in [0.4, 0.5) is 5.95 Å². The molecule has 0 spiro atoms. The summed E-state index contributed by atoms with van der Waals surface area (Å²) in [7, 11) is 0. The number of esters is 2. The van der Waals surface area contributed by atoms with E-state index < -0.39 is 17.6 Å². The van der Waals surface area contributed by atoms with Gasteiger partial charge in [0.2, 0.25) is 5.95 Å². The van der Waals surface area contributed by atoms with E-state index in [9.17, 15) is 14.4 Å². The van der Waals surface area contributed by atoms with Crippen LogP contribution in [0.5, 0.6) is 0 Å². The number of imidazole rings is 1. The number of nitrogens with one attached hydrogen (secondary N) is 1. The van der Waals surface area contributed by atoms with Crippen molar-refractivity contribution in [1.29, 1.82) is 0 Å². The Morgan fingerprint density at radius 3 is 2.62 bits per heavy atom. The van der Waals surface area contributed by atoms with Crippen LogP contribution in [-0.2, 0) is 25.6 Å². The number of carbonyl (C=O) groups excluding carboxylic acids is 2. The lowest BCUT2D eigenvalue weighted by atomic mass is 10.1. The number of hydrogen-bond donors (Lipinski definition) is 3. The number of H-pyrrole nitrogens is 1. The third-order valence-electron chi connectivity index (χ3n) is 4.49. The van der Waals surface area contributed by atoms with Crippen LogP contribution in [0.25, 0.3) is 11.2 Å². The number of aryl methyl sites for hydroxylation is 1. The molecule has 11 nitrogen and oxygen atoms in total. The summed E-state index contributed by atoms with van der Waals surface area (Å²) in [4.78, 5) is 46.0. The second-order valence-electron chi connectivity index (χ2n) is 7.15. The van der Waals surface area contributed by atoms with Gasteiger partial charge in [-0.05, 0) is 12.3 Å². The number of nitrogens with zero attached hydrogens (tertiary/aromatic N) is 3. The van der Waals surface area contributed by atoms with Gasteiger partial charge < -0.3 is 25.5 Å². The minimum absolute atomic E-state index is 0.00530. The molecule has 2 atom stereocenters. The molecule has 0 saturated carbocycles. The van der Waals surface area contributed by atoms with Gasteiger partial charge in [-0.1, -0.05) is 20.8 Å². The molecule has 0 saturated heterocycles. The van der Waals surface area contributed by atoms with Gasteiger partial charge >= 0.3 is 11.9 Å². The lowest BCUT2D eigenvalue weighted by Gasteiger charge is -2.20. The summed E-state index contributed by atoms with van der Waals surface area (Å²) in [6.07, 6.45) is 2.23.